The summed E-state index contributed by atoms with van der Waals surface area (Å²) < 4.78 is 9.90. The normalized spacial score (nSPS) is 9.88. The maximum atomic E-state index is 11.9. The molecule has 6 heteroatoms. The van der Waals surface area contributed by atoms with Gasteiger partial charge in [-0.05, 0) is 37.6 Å². The van der Waals surface area contributed by atoms with E-state index in [1.54, 1.807) is 18.2 Å². The number of aryl methyl sites for hydroxylation is 2. The number of methoxy groups -OCH3 is 1. The predicted molar refractivity (Wildman–Crippen MR) is 87.7 cm³/mol. The molecule has 24 heavy (non-hydrogen) atoms. The molecule has 0 radical (unpaired) electrons. The lowest BCUT2D eigenvalue weighted by atomic mass is 10.0. The molecule has 122 valence electrons. The number of esters is 2. The highest BCUT2D eigenvalue weighted by Crippen LogP contribution is 2.23. The molecular weight excluding hydrogens is 308 g/mol. The molecule has 0 spiro atoms. The average molecular weight is 325 g/mol. The van der Waals surface area contributed by atoms with Crippen LogP contribution in [-0.4, -0.2) is 19.0 Å². The second-order valence-corrected chi connectivity index (χ2v) is 5.22. The molecule has 2 rings (SSSR count). The molecule has 2 aromatic rings. The summed E-state index contributed by atoms with van der Waals surface area (Å²) in [4.78, 5) is 26.7. The third-order valence-electron chi connectivity index (χ3n) is 3.46. The fourth-order valence-electron chi connectivity index (χ4n) is 2.15. The monoisotopic (exact) mass is 325 g/mol. The van der Waals surface area contributed by atoms with Crippen LogP contribution < -0.4 is 4.74 Å². The highest BCUT2D eigenvalue weighted by atomic mass is 16.5. The van der Waals surface area contributed by atoms with Crippen LogP contribution in [0.15, 0.2) is 42.5 Å². The minimum atomic E-state index is -0.497. The number of benzene rings is 2. The van der Waals surface area contributed by atoms with Crippen molar-refractivity contribution in [1.29, 1.82) is 5.39 Å². The number of carbonyl (C=O) groups is 2. The van der Waals surface area contributed by atoms with E-state index in [0.717, 1.165) is 5.56 Å². The number of hydrogen-bond acceptors (Lipinski definition) is 5. The van der Waals surface area contributed by atoms with Crippen LogP contribution in [0.3, 0.4) is 0 Å². The van der Waals surface area contributed by atoms with Crippen LogP contribution >= 0.6 is 0 Å². The Bertz CT molecular complexity index is 792. The molecule has 0 fully saturated rings. The van der Waals surface area contributed by atoms with Gasteiger partial charge in [-0.15, -0.1) is 0 Å². The van der Waals surface area contributed by atoms with E-state index in [4.69, 9.17) is 10.1 Å². The van der Waals surface area contributed by atoms with Gasteiger partial charge in [-0.3, -0.25) is 4.79 Å². The van der Waals surface area contributed by atoms with E-state index in [1.165, 1.54) is 19.2 Å². The molecule has 0 amide bonds. The summed E-state index contributed by atoms with van der Waals surface area (Å²) >= 11 is 0. The third-order valence-corrected chi connectivity index (χ3v) is 3.46. The molecule has 2 aromatic carbocycles. The lowest BCUT2D eigenvalue weighted by Gasteiger charge is -2.05. The van der Waals surface area contributed by atoms with Crippen molar-refractivity contribution in [2.45, 2.75) is 19.8 Å². The highest BCUT2D eigenvalue weighted by molar-refractivity contribution is 5.90. The molecule has 0 unspecified atom stereocenters. The van der Waals surface area contributed by atoms with E-state index >= 15 is 0 Å². The van der Waals surface area contributed by atoms with Crippen LogP contribution in [0.4, 0.5) is 5.69 Å². The highest BCUT2D eigenvalue weighted by Gasteiger charge is 2.18. The van der Waals surface area contributed by atoms with E-state index in [1.807, 2.05) is 19.1 Å². The van der Waals surface area contributed by atoms with E-state index < -0.39 is 11.9 Å². The van der Waals surface area contributed by atoms with Crippen molar-refractivity contribution in [2.75, 3.05) is 7.11 Å². The maximum Gasteiger partial charge on any atom is 0.388 e. The van der Waals surface area contributed by atoms with Gasteiger partial charge >= 0.3 is 17.6 Å². The van der Waals surface area contributed by atoms with Crippen molar-refractivity contribution in [3.63, 3.8) is 0 Å². The molecule has 0 aliphatic heterocycles. The molecule has 0 saturated carbocycles. The van der Waals surface area contributed by atoms with Gasteiger partial charge < -0.3 is 9.47 Å². The second-order valence-electron chi connectivity index (χ2n) is 5.22. The summed E-state index contributed by atoms with van der Waals surface area (Å²) in [5, 5.41) is 9.02. The van der Waals surface area contributed by atoms with Crippen LogP contribution in [0.1, 0.15) is 27.9 Å². The van der Waals surface area contributed by atoms with Gasteiger partial charge in [0.15, 0.2) is 4.98 Å². The van der Waals surface area contributed by atoms with Gasteiger partial charge in [0.05, 0.1) is 19.1 Å². The van der Waals surface area contributed by atoms with Crippen molar-refractivity contribution in [3.05, 3.63) is 64.1 Å². The summed E-state index contributed by atoms with van der Waals surface area (Å²) in [5.41, 5.74) is 2.25. The van der Waals surface area contributed by atoms with Crippen molar-refractivity contribution >= 4 is 17.6 Å². The van der Waals surface area contributed by atoms with Gasteiger partial charge in [-0.2, -0.15) is 0 Å². The largest absolute Gasteiger partial charge is 0.465 e. The first-order valence-electron chi connectivity index (χ1n) is 7.37. The Morgan fingerprint density at radius 1 is 1.12 bits per heavy atom. The Morgan fingerprint density at radius 2 is 1.83 bits per heavy atom. The quantitative estimate of drug-likeness (QED) is 0.474. The van der Waals surface area contributed by atoms with Crippen molar-refractivity contribution in [2.24, 2.45) is 0 Å². The zero-order valence-corrected chi connectivity index (χ0v) is 13.5. The molecule has 0 heterocycles. The molecule has 0 saturated heterocycles. The number of diazo groups is 1. The van der Waals surface area contributed by atoms with Gasteiger partial charge in [0.2, 0.25) is 5.39 Å². The first-order chi connectivity index (χ1) is 11.5. The molecule has 6 nitrogen and oxygen atoms in total. The number of rotatable bonds is 5. The van der Waals surface area contributed by atoms with Crippen molar-refractivity contribution in [1.82, 2.24) is 0 Å². The minimum absolute atomic E-state index is 0.0843. The summed E-state index contributed by atoms with van der Waals surface area (Å²) in [7, 11) is 1.28. The maximum absolute atomic E-state index is 11.9. The molecule has 0 N–H and O–H groups in total. The van der Waals surface area contributed by atoms with Gasteiger partial charge in [-0.25, -0.2) is 4.79 Å². The van der Waals surface area contributed by atoms with E-state index in [9.17, 15) is 9.59 Å². The Kier molecular flexibility index (Phi) is 5.63. The van der Waals surface area contributed by atoms with Gasteiger partial charge in [0.1, 0.15) is 5.75 Å². The zero-order chi connectivity index (χ0) is 17.5. The summed E-state index contributed by atoms with van der Waals surface area (Å²) in [5.74, 6) is -0.435. The van der Waals surface area contributed by atoms with E-state index in [-0.39, 0.29) is 12.8 Å². The first kappa shape index (κ1) is 17.2. The van der Waals surface area contributed by atoms with E-state index in [0.29, 0.717) is 22.6 Å². The van der Waals surface area contributed by atoms with Crippen LogP contribution in [0.2, 0.25) is 0 Å². The zero-order valence-electron chi connectivity index (χ0n) is 13.5. The second kappa shape index (κ2) is 7.88. The predicted octanol–water partition coefficient (Wildman–Crippen LogP) is 3.80. The number of nitrogens with zero attached hydrogens (tertiary/aromatic N) is 2. The first-order valence-corrected chi connectivity index (χ1v) is 7.37. The van der Waals surface area contributed by atoms with Crippen LogP contribution in [0.25, 0.3) is 4.98 Å². The molecule has 0 aliphatic rings. The van der Waals surface area contributed by atoms with Gasteiger partial charge in [0.25, 0.3) is 0 Å². The van der Waals surface area contributed by atoms with Crippen molar-refractivity contribution in [3.8, 4) is 5.75 Å². The fourth-order valence-corrected chi connectivity index (χ4v) is 2.15. The molecule has 0 bridgehead atoms. The SMILES string of the molecule is COC(=O)c1ccc([N+]#N)c(CCC(=O)Oc2ccc(C)cc2)c1. The molecule has 0 aromatic heterocycles. The lowest BCUT2D eigenvalue weighted by molar-refractivity contribution is -0.134. The Morgan fingerprint density at radius 3 is 2.46 bits per heavy atom. The molecular formula is C18H17N2O4+. The summed E-state index contributed by atoms with van der Waals surface area (Å²) in [6.45, 7) is 1.94. The fraction of sp³-hybridized carbons (Fsp3) is 0.222. The summed E-state index contributed by atoms with van der Waals surface area (Å²) in [6, 6.07) is 11.7. The standard InChI is InChI=1S/C18H17N2O4/c1-12-3-7-15(8-4-12)24-17(21)10-6-13-11-14(18(22)23-2)5-9-16(13)20-19/h3-5,7-9,11H,6,10H2,1-2H3/q+1. The lowest BCUT2D eigenvalue weighted by Crippen LogP contribution is -2.09. The van der Waals surface area contributed by atoms with Crippen LogP contribution in [-0.2, 0) is 16.0 Å². The third kappa shape index (κ3) is 4.40. The Labute approximate surface area is 139 Å². The minimum Gasteiger partial charge on any atom is -0.465 e. The number of ether oxygens (including phenoxy) is 2. The smallest absolute Gasteiger partial charge is 0.388 e. The summed E-state index contributed by atoms with van der Waals surface area (Å²) in [6.07, 6.45) is 0.357. The Hall–Kier alpha value is -3.20. The topological polar surface area (TPSA) is 80.8 Å². The Balaban J connectivity index is 2.04. The number of hydrogen-bond donors (Lipinski definition) is 0. The molecule has 0 aliphatic carbocycles. The van der Waals surface area contributed by atoms with Crippen LogP contribution in [0.5, 0.6) is 5.75 Å². The van der Waals surface area contributed by atoms with Gasteiger partial charge in [0, 0.05) is 11.6 Å². The van der Waals surface area contributed by atoms with E-state index in [2.05, 4.69) is 9.71 Å². The van der Waals surface area contributed by atoms with Crippen LogP contribution in [0, 0.1) is 12.3 Å². The van der Waals surface area contributed by atoms with Gasteiger partial charge in [-0.1, -0.05) is 17.7 Å². The molecule has 0 atom stereocenters. The van der Waals surface area contributed by atoms with Crippen molar-refractivity contribution < 1.29 is 19.1 Å². The average Bonchev–Trinajstić information content (AvgIpc) is 2.61. The number of carbonyl (C=O) groups excluding carboxylic acids is 2.